The van der Waals surface area contributed by atoms with Gasteiger partial charge in [0, 0.05) is 43.6 Å². The average molecular weight is 485 g/mol. The smallest absolute Gasteiger partial charge is 0.410 e. The first-order valence-electron chi connectivity index (χ1n) is 12.4. The predicted molar refractivity (Wildman–Crippen MR) is 133 cm³/mol. The van der Waals surface area contributed by atoms with Crippen molar-refractivity contribution in [3.05, 3.63) is 35.6 Å². The fourth-order valence-electron chi connectivity index (χ4n) is 5.08. The van der Waals surface area contributed by atoms with Gasteiger partial charge in [0.05, 0.1) is 5.41 Å². The first kappa shape index (κ1) is 24.9. The van der Waals surface area contributed by atoms with Crippen molar-refractivity contribution in [3.63, 3.8) is 0 Å². The molecule has 0 aliphatic carbocycles. The summed E-state index contributed by atoms with van der Waals surface area (Å²) in [6, 6.07) is 7.11. The van der Waals surface area contributed by atoms with Crippen molar-refractivity contribution in [2.75, 3.05) is 36.4 Å². The first-order valence-corrected chi connectivity index (χ1v) is 12.4. The second kappa shape index (κ2) is 9.43. The lowest BCUT2D eigenvalue weighted by Crippen LogP contribution is -2.62. The minimum Gasteiger partial charge on any atom is -0.511 e. The number of ether oxygens (including phenoxy) is 1. The van der Waals surface area contributed by atoms with Crippen LogP contribution >= 0.6 is 0 Å². The lowest BCUT2D eigenvalue weighted by atomic mass is 9.72. The molecule has 9 heteroatoms. The number of carbonyl (C=O) groups excluding carboxylic acids is 3. The molecule has 3 amide bonds. The Labute approximate surface area is 206 Å². The topological polar surface area (TPSA) is 111 Å². The fraction of sp³-hybridized carbons (Fsp3) is 0.577. The van der Waals surface area contributed by atoms with Crippen molar-refractivity contribution in [3.8, 4) is 0 Å². The highest BCUT2D eigenvalue weighted by Crippen LogP contribution is 2.40. The number of aliphatic hydroxyl groups is 1. The molecule has 0 aromatic heterocycles. The molecular weight excluding hydrogens is 448 g/mol. The summed E-state index contributed by atoms with van der Waals surface area (Å²) in [7, 11) is 0. The molecule has 2 atom stereocenters. The number of amides is 3. The number of aliphatic hydroxyl groups excluding tert-OH is 1. The minimum atomic E-state index is -1.01. The van der Waals surface area contributed by atoms with Crippen molar-refractivity contribution < 1.29 is 24.2 Å². The number of piperidine rings is 2. The Morgan fingerprint density at radius 2 is 1.77 bits per heavy atom. The molecule has 0 bridgehead atoms. The summed E-state index contributed by atoms with van der Waals surface area (Å²) >= 11 is 0. The number of nitrogens with zero attached hydrogens (tertiary/aromatic N) is 2. The van der Waals surface area contributed by atoms with Crippen LogP contribution in [0.15, 0.2) is 35.6 Å². The van der Waals surface area contributed by atoms with Gasteiger partial charge >= 0.3 is 6.09 Å². The zero-order chi connectivity index (χ0) is 25.4. The summed E-state index contributed by atoms with van der Waals surface area (Å²) in [6.07, 6.45) is 3.55. The van der Waals surface area contributed by atoms with E-state index in [0.717, 1.165) is 18.8 Å². The van der Waals surface area contributed by atoms with E-state index in [4.69, 9.17) is 4.74 Å². The van der Waals surface area contributed by atoms with Crippen LogP contribution in [0.4, 0.5) is 16.2 Å². The lowest BCUT2D eigenvalue weighted by molar-refractivity contribution is -0.125. The van der Waals surface area contributed by atoms with E-state index < -0.39 is 35.0 Å². The standard InChI is InChI=1S/C26H36N4O5/c1-25(2,3)35-24(34)30-15-12-19-26(4,16-30)21(31)20(23(33)28-19)22(32)27-17-8-10-18(11-9-17)29-13-6-5-7-14-29/h8-11,19,31H,5-7,12-16H2,1-4H3,(H,27,32)(H,28,33)/t19-,26-/m1/s1. The molecule has 3 heterocycles. The SMILES string of the molecule is CC(C)(C)OC(=O)N1CC[C@H]2NC(=O)C(C(=O)Nc3ccc(N4CCCCC4)cc3)=C(O)[C@]2(C)C1. The van der Waals surface area contributed by atoms with E-state index in [-0.39, 0.29) is 17.9 Å². The van der Waals surface area contributed by atoms with Crippen LogP contribution < -0.4 is 15.5 Å². The van der Waals surface area contributed by atoms with Crippen LogP contribution in [-0.2, 0) is 14.3 Å². The predicted octanol–water partition coefficient (Wildman–Crippen LogP) is 3.57. The van der Waals surface area contributed by atoms with E-state index in [1.807, 2.05) is 12.1 Å². The molecule has 1 aromatic carbocycles. The van der Waals surface area contributed by atoms with Crippen molar-refractivity contribution >= 4 is 29.3 Å². The Morgan fingerprint density at radius 3 is 2.40 bits per heavy atom. The average Bonchev–Trinajstić information content (AvgIpc) is 2.80. The number of benzene rings is 1. The summed E-state index contributed by atoms with van der Waals surface area (Å²) in [5.41, 5.74) is -0.347. The summed E-state index contributed by atoms with van der Waals surface area (Å²) in [5, 5.41) is 16.8. The van der Waals surface area contributed by atoms with Crippen LogP contribution in [0, 0.1) is 5.41 Å². The third kappa shape index (κ3) is 5.23. The van der Waals surface area contributed by atoms with Crippen LogP contribution in [-0.4, -0.2) is 65.7 Å². The molecule has 0 radical (unpaired) electrons. The number of hydrogen-bond donors (Lipinski definition) is 3. The van der Waals surface area contributed by atoms with Gasteiger partial charge in [-0.25, -0.2) is 4.79 Å². The molecule has 3 N–H and O–H groups in total. The number of rotatable bonds is 3. The van der Waals surface area contributed by atoms with Gasteiger partial charge in [-0.2, -0.15) is 0 Å². The molecule has 3 aliphatic rings. The number of nitrogens with one attached hydrogen (secondary N) is 2. The van der Waals surface area contributed by atoms with Gasteiger partial charge in [0.15, 0.2) is 0 Å². The molecule has 0 spiro atoms. The summed E-state index contributed by atoms with van der Waals surface area (Å²) in [5.74, 6) is -1.60. The summed E-state index contributed by atoms with van der Waals surface area (Å²) in [4.78, 5) is 42.4. The zero-order valence-electron chi connectivity index (χ0n) is 21.0. The largest absolute Gasteiger partial charge is 0.511 e. The van der Waals surface area contributed by atoms with E-state index in [0.29, 0.717) is 18.7 Å². The maximum absolute atomic E-state index is 13.1. The van der Waals surface area contributed by atoms with Gasteiger partial charge in [-0.3, -0.25) is 9.59 Å². The first-order chi connectivity index (χ1) is 16.5. The van der Waals surface area contributed by atoms with E-state index in [2.05, 4.69) is 15.5 Å². The minimum absolute atomic E-state index is 0.125. The summed E-state index contributed by atoms with van der Waals surface area (Å²) < 4.78 is 5.48. The Morgan fingerprint density at radius 1 is 1.11 bits per heavy atom. The number of fused-ring (bicyclic) bond motifs is 1. The normalized spacial score (nSPS) is 25.0. The Hall–Kier alpha value is -3.23. The summed E-state index contributed by atoms with van der Waals surface area (Å²) in [6.45, 7) is 9.67. The van der Waals surface area contributed by atoms with Crippen LogP contribution in [0.3, 0.4) is 0 Å². The molecule has 3 aliphatic heterocycles. The van der Waals surface area contributed by atoms with Crippen molar-refractivity contribution in [2.24, 2.45) is 5.41 Å². The van der Waals surface area contributed by atoms with E-state index in [1.165, 1.54) is 24.2 Å². The van der Waals surface area contributed by atoms with Crippen LogP contribution in [0.5, 0.6) is 0 Å². The molecule has 0 saturated carbocycles. The highest BCUT2D eigenvalue weighted by molar-refractivity contribution is 6.23. The quantitative estimate of drug-likeness (QED) is 0.566. The molecule has 2 fully saturated rings. The van der Waals surface area contributed by atoms with E-state index >= 15 is 0 Å². The number of likely N-dealkylation sites (tertiary alicyclic amines) is 1. The van der Waals surface area contributed by atoms with E-state index in [1.54, 1.807) is 39.8 Å². The van der Waals surface area contributed by atoms with Gasteiger partial charge in [0.1, 0.15) is 16.9 Å². The van der Waals surface area contributed by atoms with Gasteiger partial charge in [0.2, 0.25) is 0 Å². The van der Waals surface area contributed by atoms with Gasteiger partial charge < -0.3 is 30.3 Å². The highest BCUT2D eigenvalue weighted by atomic mass is 16.6. The third-order valence-corrected chi connectivity index (χ3v) is 7.01. The zero-order valence-corrected chi connectivity index (χ0v) is 21.0. The second-order valence-corrected chi connectivity index (χ2v) is 10.9. The van der Waals surface area contributed by atoms with Crippen molar-refractivity contribution in [1.29, 1.82) is 0 Å². The molecule has 2 saturated heterocycles. The van der Waals surface area contributed by atoms with Gasteiger partial charge in [-0.05, 0) is 77.6 Å². The number of anilines is 2. The lowest BCUT2D eigenvalue weighted by Gasteiger charge is -2.48. The molecule has 4 rings (SSSR count). The molecule has 9 nitrogen and oxygen atoms in total. The van der Waals surface area contributed by atoms with Crippen molar-refractivity contribution in [2.45, 2.75) is 65.0 Å². The highest BCUT2D eigenvalue weighted by Gasteiger charge is 2.51. The fourth-order valence-corrected chi connectivity index (χ4v) is 5.08. The van der Waals surface area contributed by atoms with Gasteiger partial charge in [0.25, 0.3) is 11.8 Å². The molecular formula is C26H36N4O5. The van der Waals surface area contributed by atoms with Crippen LogP contribution in [0.25, 0.3) is 0 Å². The third-order valence-electron chi connectivity index (χ3n) is 7.01. The van der Waals surface area contributed by atoms with E-state index in [9.17, 15) is 19.5 Å². The molecule has 35 heavy (non-hydrogen) atoms. The van der Waals surface area contributed by atoms with Crippen LogP contribution in [0.2, 0.25) is 0 Å². The number of hydrogen-bond acceptors (Lipinski definition) is 6. The monoisotopic (exact) mass is 484 g/mol. The maximum Gasteiger partial charge on any atom is 0.410 e. The maximum atomic E-state index is 13.1. The van der Waals surface area contributed by atoms with Gasteiger partial charge in [-0.1, -0.05) is 0 Å². The van der Waals surface area contributed by atoms with Gasteiger partial charge in [-0.15, -0.1) is 0 Å². The molecule has 190 valence electrons. The van der Waals surface area contributed by atoms with Crippen molar-refractivity contribution in [1.82, 2.24) is 10.2 Å². The van der Waals surface area contributed by atoms with Crippen LogP contribution in [0.1, 0.15) is 53.4 Å². The second-order valence-electron chi connectivity index (χ2n) is 10.9. The Balaban J connectivity index is 1.51. The Bertz CT molecular complexity index is 1020. The Kier molecular flexibility index (Phi) is 6.71. The molecule has 1 aromatic rings. The number of carbonyl (C=O) groups is 3. The molecule has 0 unspecified atom stereocenters.